The zero-order valence-electron chi connectivity index (χ0n) is 5.24. The molecule has 0 amide bonds. The van der Waals surface area contributed by atoms with Crippen LogP contribution in [0, 0.1) is 0 Å². The highest BCUT2D eigenvalue weighted by molar-refractivity contribution is 4.44. The van der Waals surface area contributed by atoms with Crippen LogP contribution >= 0.6 is 0 Å². The molecule has 3 N–H and O–H groups in total. The minimum atomic E-state index is -2.39. The molecule has 2 nitrogen and oxygen atoms in total. The quantitative estimate of drug-likeness (QED) is 0.430. The number of nitrogens with two attached hydrogens (primary N) is 1. The van der Waals surface area contributed by atoms with Gasteiger partial charge in [-0.2, -0.15) is 8.78 Å². The summed E-state index contributed by atoms with van der Waals surface area (Å²) in [6, 6.07) is 0. The zero-order chi connectivity index (χ0) is 7.11. The van der Waals surface area contributed by atoms with Crippen molar-refractivity contribution in [2.24, 2.45) is 5.73 Å². The second-order valence-electron chi connectivity index (χ2n) is 1.75. The summed E-state index contributed by atoms with van der Waals surface area (Å²) in [4.78, 5) is 0. The third-order valence-corrected chi connectivity index (χ3v) is 0.930. The summed E-state index contributed by atoms with van der Waals surface area (Å²) in [5, 5.41) is 1.99. The fraction of sp³-hybridized carbons (Fsp3) is 1.00. The fourth-order valence-corrected chi connectivity index (χ4v) is 0.481. The van der Waals surface area contributed by atoms with E-state index >= 15 is 0 Å². The standard InChI is InChI=1S/C5H12F2N2/c6-5(7)9-4-2-1-3-8/h5,9H,1-4,8H2. The van der Waals surface area contributed by atoms with Gasteiger partial charge in [-0.25, -0.2) is 0 Å². The largest absolute Gasteiger partial charge is 0.330 e. The van der Waals surface area contributed by atoms with E-state index in [0.29, 0.717) is 13.1 Å². The summed E-state index contributed by atoms with van der Waals surface area (Å²) >= 11 is 0. The van der Waals surface area contributed by atoms with Gasteiger partial charge in [-0.1, -0.05) is 0 Å². The maximum Gasteiger partial charge on any atom is 0.292 e. The lowest BCUT2D eigenvalue weighted by molar-refractivity contribution is 0.108. The zero-order valence-corrected chi connectivity index (χ0v) is 5.24. The molecule has 0 heterocycles. The molecule has 0 aromatic rings. The minimum Gasteiger partial charge on any atom is -0.330 e. The van der Waals surface area contributed by atoms with Crippen LogP contribution in [0.3, 0.4) is 0 Å². The number of hydrogen-bond donors (Lipinski definition) is 2. The van der Waals surface area contributed by atoms with E-state index in [1.165, 1.54) is 0 Å². The lowest BCUT2D eigenvalue weighted by Crippen LogP contribution is -2.21. The summed E-state index contributed by atoms with van der Waals surface area (Å²) in [6.45, 7) is -1.46. The van der Waals surface area contributed by atoms with Crippen molar-refractivity contribution in [1.82, 2.24) is 5.32 Å². The monoisotopic (exact) mass is 138 g/mol. The molecule has 0 bridgehead atoms. The molecule has 9 heavy (non-hydrogen) atoms. The molecular formula is C5H12F2N2. The molecule has 0 atom stereocenters. The summed E-state index contributed by atoms with van der Waals surface area (Å²) in [5.74, 6) is 0. The third-order valence-electron chi connectivity index (χ3n) is 0.930. The SMILES string of the molecule is NCCCCNC(F)F. The van der Waals surface area contributed by atoms with Gasteiger partial charge in [0.1, 0.15) is 0 Å². The lowest BCUT2D eigenvalue weighted by Gasteiger charge is -2.00. The Balaban J connectivity index is 2.75. The average Bonchev–Trinajstić information content (AvgIpc) is 1.80. The number of alkyl halides is 2. The van der Waals surface area contributed by atoms with E-state index in [2.05, 4.69) is 0 Å². The van der Waals surface area contributed by atoms with Crippen LogP contribution in [0.2, 0.25) is 0 Å². The molecule has 0 aromatic heterocycles. The smallest absolute Gasteiger partial charge is 0.292 e. The van der Waals surface area contributed by atoms with E-state index in [1.807, 2.05) is 5.32 Å². The van der Waals surface area contributed by atoms with Crippen LogP contribution < -0.4 is 11.1 Å². The van der Waals surface area contributed by atoms with E-state index in [4.69, 9.17) is 5.73 Å². The highest BCUT2D eigenvalue weighted by atomic mass is 19.3. The van der Waals surface area contributed by atoms with Gasteiger partial charge in [0.15, 0.2) is 0 Å². The molecule has 0 saturated carbocycles. The van der Waals surface area contributed by atoms with E-state index in [9.17, 15) is 8.78 Å². The first kappa shape index (κ1) is 8.78. The van der Waals surface area contributed by atoms with Gasteiger partial charge in [0.25, 0.3) is 6.55 Å². The topological polar surface area (TPSA) is 38.0 Å². The Morgan fingerprint density at radius 3 is 2.44 bits per heavy atom. The van der Waals surface area contributed by atoms with Crippen molar-refractivity contribution >= 4 is 0 Å². The van der Waals surface area contributed by atoms with Crippen LogP contribution in [0.15, 0.2) is 0 Å². The van der Waals surface area contributed by atoms with Crippen molar-refractivity contribution in [1.29, 1.82) is 0 Å². The average molecular weight is 138 g/mol. The highest BCUT2D eigenvalue weighted by Crippen LogP contribution is 1.87. The van der Waals surface area contributed by atoms with Crippen LogP contribution in [0.4, 0.5) is 8.78 Å². The molecule has 0 aliphatic carbocycles. The van der Waals surface area contributed by atoms with E-state index in [-0.39, 0.29) is 0 Å². The first-order valence-corrected chi connectivity index (χ1v) is 2.99. The molecule has 0 unspecified atom stereocenters. The van der Waals surface area contributed by atoms with Gasteiger partial charge in [0, 0.05) is 6.54 Å². The molecule has 0 radical (unpaired) electrons. The van der Waals surface area contributed by atoms with Crippen LogP contribution in [0.5, 0.6) is 0 Å². The molecule has 0 spiro atoms. The van der Waals surface area contributed by atoms with Crippen molar-refractivity contribution in [2.75, 3.05) is 13.1 Å². The Labute approximate surface area is 53.4 Å². The summed E-state index contributed by atoms with van der Waals surface area (Å²) in [5.41, 5.74) is 5.13. The van der Waals surface area contributed by atoms with E-state index < -0.39 is 6.55 Å². The first-order chi connectivity index (χ1) is 4.27. The Hall–Kier alpha value is -0.220. The summed E-state index contributed by atoms with van der Waals surface area (Å²) in [6.07, 6.45) is 1.53. The molecule has 0 aliphatic heterocycles. The van der Waals surface area contributed by atoms with Gasteiger partial charge >= 0.3 is 0 Å². The van der Waals surface area contributed by atoms with Crippen LogP contribution in [0.1, 0.15) is 12.8 Å². The van der Waals surface area contributed by atoms with Gasteiger partial charge in [0.05, 0.1) is 0 Å². The Bertz CT molecular complexity index is 58.9. The van der Waals surface area contributed by atoms with E-state index in [1.54, 1.807) is 0 Å². The third kappa shape index (κ3) is 7.78. The van der Waals surface area contributed by atoms with Crippen LogP contribution in [-0.2, 0) is 0 Å². The van der Waals surface area contributed by atoms with Crippen LogP contribution in [0.25, 0.3) is 0 Å². The van der Waals surface area contributed by atoms with Gasteiger partial charge in [-0.05, 0) is 19.4 Å². The van der Waals surface area contributed by atoms with Gasteiger partial charge in [-0.15, -0.1) is 0 Å². The van der Waals surface area contributed by atoms with Gasteiger partial charge < -0.3 is 5.73 Å². The maximum absolute atomic E-state index is 11.3. The Morgan fingerprint density at radius 2 is 2.00 bits per heavy atom. The second kappa shape index (κ2) is 5.91. The molecule has 0 saturated heterocycles. The molecule has 4 heteroatoms. The summed E-state index contributed by atoms with van der Waals surface area (Å²) < 4.78 is 22.6. The molecule has 0 aliphatic rings. The molecule has 56 valence electrons. The lowest BCUT2D eigenvalue weighted by atomic mass is 10.3. The maximum atomic E-state index is 11.3. The molecule has 0 rings (SSSR count). The molecule has 0 aromatic carbocycles. The predicted octanol–water partition coefficient (Wildman–Crippen LogP) is 0.537. The fourth-order valence-electron chi connectivity index (χ4n) is 0.481. The van der Waals surface area contributed by atoms with Crippen LogP contribution in [-0.4, -0.2) is 19.6 Å². The first-order valence-electron chi connectivity index (χ1n) is 2.99. The number of halogens is 2. The predicted molar refractivity (Wildman–Crippen MR) is 32.3 cm³/mol. The number of unbranched alkanes of at least 4 members (excludes halogenated alkanes) is 1. The van der Waals surface area contributed by atoms with Crippen molar-refractivity contribution in [3.05, 3.63) is 0 Å². The Morgan fingerprint density at radius 1 is 1.33 bits per heavy atom. The van der Waals surface area contributed by atoms with Gasteiger partial charge in [-0.3, -0.25) is 5.32 Å². The normalized spacial score (nSPS) is 10.7. The molecular weight excluding hydrogens is 126 g/mol. The van der Waals surface area contributed by atoms with E-state index in [0.717, 1.165) is 12.8 Å². The van der Waals surface area contributed by atoms with Gasteiger partial charge in [0.2, 0.25) is 0 Å². The second-order valence-corrected chi connectivity index (χ2v) is 1.75. The minimum absolute atomic E-state index is 0.356. The summed E-state index contributed by atoms with van der Waals surface area (Å²) in [7, 11) is 0. The highest BCUT2D eigenvalue weighted by Gasteiger charge is 1.96. The van der Waals surface area contributed by atoms with Crippen molar-refractivity contribution in [2.45, 2.75) is 19.4 Å². The van der Waals surface area contributed by atoms with Crippen molar-refractivity contribution < 1.29 is 8.78 Å². The number of nitrogens with one attached hydrogen (secondary N) is 1. The molecule has 0 fully saturated rings. The number of hydrogen-bond acceptors (Lipinski definition) is 2. The van der Waals surface area contributed by atoms with Crippen molar-refractivity contribution in [3.63, 3.8) is 0 Å². The number of rotatable bonds is 5. The Kier molecular flexibility index (Phi) is 5.76. The van der Waals surface area contributed by atoms with Crippen molar-refractivity contribution in [3.8, 4) is 0 Å².